The highest BCUT2D eigenvalue weighted by Gasteiger charge is 2.22. The maximum absolute atomic E-state index is 10.7. The van der Waals surface area contributed by atoms with Crippen LogP contribution in [0, 0.1) is 0 Å². The molecule has 0 amide bonds. The minimum atomic E-state index is -1.58. The van der Waals surface area contributed by atoms with Gasteiger partial charge in [-0.25, -0.2) is 14.4 Å². The molecule has 0 bridgehead atoms. The molecule has 0 fully saturated rings. The van der Waals surface area contributed by atoms with Gasteiger partial charge in [0, 0.05) is 6.61 Å². The summed E-state index contributed by atoms with van der Waals surface area (Å²) in [5, 5.41) is 33.6. The fraction of sp³-hybridized carbons (Fsp3) is 0.182. The van der Waals surface area contributed by atoms with Gasteiger partial charge < -0.3 is 20.4 Å². The van der Waals surface area contributed by atoms with Gasteiger partial charge in [0.15, 0.2) is 0 Å². The van der Waals surface area contributed by atoms with Crippen LogP contribution in [0.25, 0.3) is 0 Å². The third-order valence-electron chi connectivity index (χ3n) is 1.74. The summed E-state index contributed by atoms with van der Waals surface area (Å²) in [4.78, 5) is 32.0. The lowest BCUT2D eigenvalue weighted by atomic mass is 10.0. The zero-order valence-corrected chi connectivity index (χ0v) is 9.45. The molecule has 1 rings (SSSR count). The number of rotatable bonds is 3. The van der Waals surface area contributed by atoms with Crippen LogP contribution in [-0.4, -0.2) is 44.9 Å². The first-order chi connectivity index (χ1) is 8.36. The highest BCUT2D eigenvalue weighted by molar-refractivity contribution is 6.08. The van der Waals surface area contributed by atoms with Gasteiger partial charge in [-0.15, -0.1) is 0 Å². The third kappa shape index (κ3) is 3.87. The number of aliphatic hydroxyl groups excluding tert-OH is 1. The van der Waals surface area contributed by atoms with Gasteiger partial charge in [-0.3, -0.25) is 0 Å². The van der Waals surface area contributed by atoms with Gasteiger partial charge in [-0.05, 0) is 19.1 Å². The first kappa shape index (κ1) is 15.6. The van der Waals surface area contributed by atoms with Gasteiger partial charge >= 0.3 is 17.9 Å². The van der Waals surface area contributed by atoms with E-state index in [0.717, 1.165) is 12.1 Å². The fourth-order valence-electron chi connectivity index (χ4n) is 1.14. The minimum Gasteiger partial charge on any atom is -0.478 e. The predicted molar refractivity (Wildman–Crippen MR) is 60.1 cm³/mol. The van der Waals surface area contributed by atoms with Gasteiger partial charge in [0.05, 0.1) is 16.7 Å². The smallest absolute Gasteiger partial charge is 0.337 e. The van der Waals surface area contributed by atoms with Crippen molar-refractivity contribution < 1.29 is 34.8 Å². The lowest BCUT2D eigenvalue weighted by molar-refractivity contribution is 0.0633. The molecule has 0 aliphatic carbocycles. The summed E-state index contributed by atoms with van der Waals surface area (Å²) < 4.78 is 0. The van der Waals surface area contributed by atoms with E-state index in [0.29, 0.717) is 0 Å². The van der Waals surface area contributed by atoms with E-state index in [-0.39, 0.29) is 6.61 Å². The molecule has 98 valence electrons. The monoisotopic (exact) mass is 256 g/mol. The largest absolute Gasteiger partial charge is 0.478 e. The normalized spacial score (nSPS) is 9.00. The summed E-state index contributed by atoms with van der Waals surface area (Å²) in [5.41, 5.74) is -1.79. The summed E-state index contributed by atoms with van der Waals surface area (Å²) in [6.07, 6.45) is 0. The van der Waals surface area contributed by atoms with Crippen LogP contribution >= 0.6 is 0 Å². The van der Waals surface area contributed by atoms with Crippen molar-refractivity contribution in [3.8, 4) is 0 Å². The maximum atomic E-state index is 10.7. The molecule has 0 heterocycles. The Morgan fingerprint density at radius 3 is 1.50 bits per heavy atom. The molecular weight excluding hydrogens is 244 g/mol. The van der Waals surface area contributed by atoms with E-state index < -0.39 is 34.6 Å². The average Bonchev–Trinajstić information content (AvgIpc) is 2.28. The molecule has 18 heavy (non-hydrogen) atoms. The van der Waals surface area contributed by atoms with Gasteiger partial charge in [-0.1, -0.05) is 6.07 Å². The van der Waals surface area contributed by atoms with Crippen LogP contribution in [0.1, 0.15) is 38.0 Å². The molecule has 0 unspecified atom stereocenters. The number of aromatic carboxylic acids is 3. The Morgan fingerprint density at radius 1 is 0.944 bits per heavy atom. The number of carbonyl (C=O) groups is 3. The van der Waals surface area contributed by atoms with E-state index >= 15 is 0 Å². The summed E-state index contributed by atoms with van der Waals surface area (Å²) >= 11 is 0. The highest BCUT2D eigenvalue weighted by atomic mass is 16.4. The van der Waals surface area contributed by atoms with Crippen LogP contribution in [-0.2, 0) is 0 Å². The van der Waals surface area contributed by atoms with Crippen molar-refractivity contribution in [1.29, 1.82) is 0 Å². The molecule has 4 N–H and O–H groups in total. The summed E-state index contributed by atoms with van der Waals surface area (Å²) in [6, 6.07) is 3.26. The molecule has 0 saturated carbocycles. The van der Waals surface area contributed by atoms with Crippen molar-refractivity contribution in [3.05, 3.63) is 34.9 Å². The molecule has 1 aromatic rings. The number of hydrogen-bond acceptors (Lipinski definition) is 4. The Labute approximate surface area is 102 Å². The van der Waals surface area contributed by atoms with Gasteiger partial charge in [0.25, 0.3) is 0 Å². The average molecular weight is 256 g/mol. The van der Waals surface area contributed by atoms with Crippen LogP contribution in [0.5, 0.6) is 0 Å². The molecule has 0 aliphatic rings. The third-order valence-corrected chi connectivity index (χ3v) is 1.74. The standard InChI is InChI=1S/C9H6O6.C2H6O/c10-7(11)4-2-1-3-5(8(12)13)6(4)9(14)15;1-2-3/h1-3H,(H,10,11)(H,12,13)(H,14,15);3H,2H2,1H3. The molecule has 0 aromatic heterocycles. The van der Waals surface area contributed by atoms with Crippen LogP contribution in [0.4, 0.5) is 0 Å². The van der Waals surface area contributed by atoms with Crippen molar-refractivity contribution in [1.82, 2.24) is 0 Å². The zero-order chi connectivity index (χ0) is 14.3. The van der Waals surface area contributed by atoms with E-state index in [1.54, 1.807) is 6.92 Å². The van der Waals surface area contributed by atoms with Crippen molar-refractivity contribution in [2.24, 2.45) is 0 Å². The second-order valence-electron chi connectivity index (χ2n) is 2.96. The Morgan fingerprint density at radius 2 is 1.28 bits per heavy atom. The van der Waals surface area contributed by atoms with Crippen molar-refractivity contribution >= 4 is 17.9 Å². The molecule has 7 nitrogen and oxygen atoms in total. The maximum Gasteiger partial charge on any atom is 0.337 e. The Hall–Kier alpha value is -2.41. The molecule has 0 aliphatic heterocycles. The Kier molecular flexibility index (Phi) is 6.08. The number of hydrogen-bond donors (Lipinski definition) is 4. The summed E-state index contributed by atoms with van der Waals surface area (Å²) in [6.45, 7) is 1.93. The predicted octanol–water partition coefficient (Wildman–Crippen LogP) is 0.780. The molecule has 7 heteroatoms. The van der Waals surface area contributed by atoms with Crippen LogP contribution in [0.3, 0.4) is 0 Å². The molecule has 0 saturated heterocycles. The van der Waals surface area contributed by atoms with Crippen LogP contribution < -0.4 is 0 Å². The highest BCUT2D eigenvalue weighted by Crippen LogP contribution is 2.15. The van der Waals surface area contributed by atoms with E-state index in [2.05, 4.69) is 0 Å². The number of benzene rings is 1. The molecule has 0 radical (unpaired) electrons. The molecule has 1 aromatic carbocycles. The topological polar surface area (TPSA) is 132 Å². The zero-order valence-electron chi connectivity index (χ0n) is 9.45. The van der Waals surface area contributed by atoms with Crippen molar-refractivity contribution in [2.75, 3.05) is 6.61 Å². The van der Waals surface area contributed by atoms with Gasteiger partial charge in [0.1, 0.15) is 0 Å². The van der Waals surface area contributed by atoms with Crippen molar-refractivity contribution in [3.63, 3.8) is 0 Å². The van der Waals surface area contributed by atoms with Gasteiger partial charge in [-0.2, -0.15) is 0 Å². The van der Waals surface area contributed by atoms with E-state index in [1.807, 2.05) is 0 Å². The number of carboxylic acids is 3. The number of aliphatic hydroxyl groups is 1. The quantitative estimate of drug-likeness (QED) is 0.628. The SMILES string of the molecule is CCO.O=C(O)c1cccc(C(=O)O)c1C(=O)O. The lowest BCUT2D eigenvalue weighted by Crippen LogP contribution is -2.14. The lowest BCUT2D eigenvalue weighted by Gasteiger charge is -2.04. The molecular formula is C11H12O7. The first-order valence-corrected chi connectivity index (χ1v) is 4.80. The van der Waals surface area contributed by atoms with Crippen LogP contribution in [0.15, 0.2) is 18.2 Å². The van der Waals surface area contributed by atoms with E-state index in [4.69, 9.17) is 20.4 Å². The van der Waals surface area contributed by atoms with E-state index in [1.165, 1.54) is 6.07 Å². The number of carboxylic acid groups (broad SMARTS) is 3. The van der Waals surface area contributed by atoms with Gasteiger partial charge in [0.2, 0.25) is 0 Å². The van der Waals surface area contributed by atoms with Crippen LogP contribution in [0.2, 0.25) is 0 Å². The Balaban J connectivity index is 0.000000873. The molecule has 0 spiro atoms. The van der Waals surface area contributed by atoms with Crippen molar-refractivity contribution in [2.45, 2.75) is 6.92 Å². The second kappa shape index (κ2) is 7.02. The first-order valence-electron chi connectivity index (χ1n) is 4.80. The molecule has 0 atom stereocenters. The summed E-state index contributed by atoms with van der Waals surface area (Å²) in [7, 11) is 0. The van der Waals surface area contributed by atoms with E-state index in [9.17, 15) is 14.4 Å². The Bertz CT molecular complexity index is 432. The summed E-state index contributed by atoms with van der Waals surface area (Å²) in [5.74, 6) is -4.53. The fourth-order valence-corrected chi connectivity index (χ4v) is 1.14. The minimum absolute atomic E-state index is 0.250. The second-order valence-corrected chi connectivity index (χ2v) is 2.96.